The lowest BCUT2D eigenvalue weighted by Gasteiger charge is -2.07. The number of methoxy groups -OCH3 is 1. The Morgan fingerprint density at radius 1 is 1.15 bits per heavy atom. The minimum absolute atomic E-state index is 0.274. The first-order valence-corrected chi connectivity index (χ1v) is 6.42. The molecular weight excluding hydrogens is 276 g/mol. The molecule has 2 aromatic rings. The van der Waals surface area contributed by atoms with E-state index in [1.807, 2.05) is 36.4 Å². The van der Waals surface area contributed by atoms with Crippen LogP contribution in [0.1, 0.15) is 11.1 Å². The van der Waals surface area contributed by atoms with Crippen LogP contribution in [-0.4, -0.2) is 12.9 Å². The van der Waals surface area contributed by atoms with Gasteiger partial charge in [-0.15, -0.1) is 0 Å². The van der Waals surface area contributed by atoms with E-state index in [2.05, 4.69) is 5.16 Å². The smallest absolute Gasteiger partial charge is 0.174 e. The van der Waals surface area contributed by atoms with Crippen LogP contribution in [0.4, 0.5) is 0 Å². The van der Waals surface area contributed by atoms with Crippen molar-refractivity contribution in [2.45, 2.75) is 6.61 Å². The lowest BCUT2D eigenvalue weighted by atomic mass is 10.2. The Balaban J connectivity index is 2.02. The monoisotopic (exact) mass is 290 g/mol. The number of hydrogen-bond donors (Lipinski definition) is 1. The van der Waals surface area contributed by atoms with Crippen molar-refractivity contribution in [3.8, 4) is 5.75 Å². The highest BCUT2D eigenvalue weighted by Gasteiger charge is 2.06. The SMILES string of the molecule is COc1ccccc1/C(N)=N/OCc1ccc(Cl)cc1. The molecule has 0 atom stereocenters. The van der Waals surface area contributed by atoms with Gasteiger partial charge in [0.1, 0.15) is 12.4 Å². The molecule has 2 rings (SSSR count). The van der Waals surface area contributed by atoms with E-state index < -0.39 is 0 Å². The molecule has 0 aliphatic heterocycles. The van der Waals surface area contributed by atoms with Gasteiger partial charge in [-0.25, -0.2) is 0 Å². The minimum Gasteiger partial charge on any atom is -0.496 e. The third-order valence-electron chi connectivity index (χ3n) is 2.69. The highest BCUT2D eigenvalue weighted by atomic mass is 35.5. The standard InChI is InChI=1S/C15H15ClN2O2/c1-19-14-5-3-2-4-13(14)15(17)18-20-10-11-6-8-12(16)9-7-11/h2-9H,10H2,1H3,(H2,17,18). The van der Waals surface area contributed by atoms with E-state index in [1.54, 1.807) is 19.2 Å². The molecule has 0 spiro atoms. The number of nitrogens with zero attached hydrogens (tertiary/aromatic N) is 1. The zero-order valence-electron chi connectivity index (χ0n) is 11.0. The Morgan fingerprint density at radius 3 is 2.55 bits per heavy atom. The average Bonchev–Trinajstić information content (AvgIpc) is 2.49. The lowest BCUT2D eigenvalue weighted by Crippen LogP contribution is -2.15. The Morgan fingerprint density at radius 2 is 1.85 bits per heavy atom. The fourth-order valence-corrected chi connectivity index (χ4v) is 1.79. The predicted octanol–water partition coefficient (Wildman–Crippen LogP) is 3.19. The molecule has 0 aliphatic carbocycles. The van der Waals surface area contributed by atoms with E-state index in [9.17, 15) is 0 Å². The van der Waals surface area contributed by atoms with Gasteiger partial charge in [-0.2, -0.15) is 0 Å². The third-order valence-corrected chi connectivity index (χ3v) is 2.94. The first-order valence-electron chi connectivity index (χ1n) is 6.04. The summed E-state index contributed by atoms with van der Waals surface area (Å²) in [6.45, 7) is 0.326. The molecule has 2 aromatic carbocycles. The highest BCUT2D eigenvalue weighted by Crippen LogP contribution is 2.17. The molecule has 2 N–H and O–H groups in total. The van der Waals surface area contributed by atoms with Gasteiger partial charge in [0.25, 0.3) is 0 Å². The van der Waals surface area contributed by atoms with Crippen LogP contribution in [0.3, 0.4) is 0 Å². The highest BCUT2D eigenvalue weighted by molar-refractivity contribution is 6.30. The number of rotatable bonds is 5. The summed E-state index contributed by atoms with van der Waals surface area (Å²) < 4.78 is 5.21. The van der Waals surface area contributed by atoms with E-state index in [1.165, 1.54) is 0 Å². The van der Waals surface area contributed by atoms with E-state index >= 15 is 0 Å². The first-order chi connectivity index (χ1) is 9.70. The Bertz CT molecular complexity index is 597. The van der Waals surface area contributed by atoms with Crippen molar-refractivity contribution in [2.24, 2.45) is 10.9 Å². The second-order valence-electron chi connectivity index (χ2n) is 4.08. The van der Waals surface area contributed by atoms with Crippen LogP contribution in [0.25, 0.3) is 0 Å². The van der Waals surface area contributed by atoms with E-state index in [4.69, 9.17) is 26.9 Å². The van der Waals surface area contributed by atoms with Gasteiger partial charge in [0.15, 0.2) is 5.84 Å². The molecule has 0 aromatic heterocycles. The maximum Gasteiger partial charge on any atom is 0.174 e. The average molecular weight is 291 g/mol. The third kappa shape index (κ3) is 3.65. The summed E-state index contributed by atoms with van der Waals surface area (Å²) in [7, 11) is 1.58. The molecule has 0 saturated heterocycles. The summed E-state index contributed by atoms with van der Waals surface area (Å²) in [6.07, 6.45) is 0. The molecule has 0 fully saturated rings. The van der Waals surface area contributed by atoms with Gasteiger partial charge in [-0.05, 0) is 29.8 Å². The summed E-state index contributed by atoms with van der Waals surface area (Å²) in [5.74, 6) is 0.931. The Hall–Kier alpha value is -2.20. The summed E-state index contributed by atoms with van der Waals surface area (Å²) in [5, 5.41) is 4.59. The van der Waals surface area contributed by atoms with Crippen molar-refractivity contribution in [1.82, 2.24) is 0 Å². The number of benzene rings is 2. The molecule has 4 nitrogen and oxygen atoms in total. The summed E-state index contributed by atoms with van der Waals surface area (Å²) in [6, 6.07) is 14.7. The molecule has 0 heterocycles. The molecule has 0 saturated carbocycles. The van der Waals surface area contributed by atoms with E-state index in [0.717, 1.165) is 5.56 Å². The summed E-state index contributed by atoms with van der Waals surface area (Å²) in [5.41, 5.74) is 7.55. The summed E-state index contributed by atoms with van der Waals surface area (Å²) in [4.78, 5) is 5.24. The van der Waals surface area contributed by atoms with Gasteiger partial charge in [-0.1, -0.05) is 41.0 Å². The molecule has 0 aliphatic rings. The maximum absolute atomic E-state index is 5.88. The van der Waals surface area contributed by atoms with Gasteiger partial charge in [0, 0.05) is 5.02 Å². The van der Waals surface area contributed by atoms with Gasteiger partial charge in [-0.3, -0.25) is 0 Å². The second-order valence-corrected chi connectivity index (χ2v) is 4.51. The summed E-state index contributed by atoms with van der Waals surface area (Å²) >= 11 is 5.81. The molecule has 20 heavy (non-hydrogen) atoms. The molecule has 5 heteroatoms. The largest absolute Gasteiger partial charge is 0.496 e. The van der Waals surface area contributed by atoms with E-state index in [0.29, 0.717) is 22.9 Å². The Kier molecular flexibility index (Phi) is 4.85. The maximum atomic E-state index is 5.88. The quantitative estimate of drug-likeness (QED) is 0.523. The van der Waals surface area contributed by atoms with Crippen molar-refractivity contribution in [3.05, 3.63) is 64.7 Å². The minimum atomic E-state index is 0.274. The normalized spacial score (nSPS) is 11.2. The molecule has 0 unspecified atom stereocenters. The van der Waals surface area contributed by atoms with Crippen LogP contribution < -0.4 is 10.5 Å². The van der Waals surface area contributed by atoms with Gasteiger partial charge in [0.05, 0.1) is 12.7 Å². The molecule has 104 valence electrons. The number of para-hydroxylation sites is 1. The zero-order chi connectivity index (χ0) is 14.4. The van der Waals surface area contributed by atoms with E-state index in [-0.39, 0.29) is 5.84 Å². The first kappa shape index (κ1) is 14.2. The van der Waals surface area contributed by atoms with Crippen LogP contribution in [0.15, 0.2) is 53.7 Å². The van der Waals surface area contributed by atoms with Crippen LogP contribution in [-0.2, 0) is 11.4 Å². The van der Waals surface area contributed by atoms with Gasteiger partial charge < -0.3 is 15.3 Å². The second kappa shape index (κ2) is 6.82. The number of ether oxygens (including phenoxy) is 1. The Labute approximate surface area is 122 Å². The fourth-order valence-electron chi connectivity index (χ4n) is 1.66. The van der Waals surface area contributed by atoms with Crippen LogP contribution in [0.5, 0.6) is 5.75 Å². The number of amidine groups is 1. The zero-order valence-corrected chi connectivity index (χ0v) is 11.8. The van der Waals surface area contributed by atoms with Crippen LogP contribution >= 0.6 is 11.6 Å². The lowest BCUT2D eigenvalue weighted by molar-refractivity contribution is 0.130. The topological polar surface area (TPSA) is 56.8 Å². The number of halogens is 1. The number of hydrogen-bond acceptors (Lipinski definition) is 3. The van der Waals surface area contributed by atoms with Crippen molar-refractivity contribution in [3.63, 3.8) is 0 Å². The van der Waals surface area contributed by atoms with Crippen LogP contribution in [0, 0.1) is 0 Å². The number of nitrogens with two attached hydrogens (primary N) is 1. The van der Waals surface area contributed by atoms with Crippen molar-refractivity contribution in [2.75, 3.05) is 7.11 Å². The molecular formula is C15H15ClN2O2. The van der Waals surface area contributed by atoms with Gasteiger partial charge in [0.2, 0.25) is 0 Å². The fraction of sp³-hybridized carbons (Fsp3) is 0.133. The predicted molar refractivity (Wildman–Crippen MR) is 80.0 cm³/mol. The number of oxime groups is 1. The van der Waals surface area contributed by atoms with Crippen molar-refractivity contribution >= 4 is 17.4 Å². The molecule has 0 amide bonds. The van der Waals surface area contributed by atoms with Crippen LogP contribution in [0.2, 0.25) is 5.02 Å². The molecule has 0 radical (unpaired) electrons. The van der Waals surface area contributed by atoms with Gasteiger partial charge >= 0.3 is 0 Å². The molecule has 0 bridgehead atoms. The van der Waals surface area contributed by atoms with Crippen molar-refractivity contribution < 1.29 is 9.57 Å². The van der Waals surface area contributed by atoms with Crippen molar-refractivity contribution in [1.29, 1.82) is 0 Å².